The molecule has 1 atom stereocenters. The van der Waals surface area contributed by atoms with Gasteiger partial charge >= 0.3 is 5.97 Å². The number of rotatable bonds is 5. The first kappa shape index (κ1) is 19.3. The van der Waals surface area contributed by atoms with Crippen molar-refractivity contribution >= 4 is 26.9 Å². The Hall–Kier alpha value is -3.04. The van der Waals surface area contributed by atoms with E-state index in [4.69, 9.17) is 9.84 Å². The second-order valence-corrected chi connectivity index (χ2v) is 8.62. The zero-order valence-electron chi connectivity index (χ0n) is 15.2. The van der Waals surface area contributed by atoms with E-state index in [9.17, 15) is 17.6 Å². The van der Waals surface area contributed by atoms with Crippen LogP contribution in [0.3, 0.4) is 0 Å². The summed E-state index contributed by atoms with van der Waals surface area (Å²) in [4.78, 5) is 15.3. The average molecular weight is 416 g/mol. The van der Waals surface area contributed by atoms with Gasteiger partial charge in [-0.15, -0.1) is 0 Å². The maximum Gasteiger partial charge on any atom is 0.338 e. The zero-order chi connectivity index (χ0) is 20.6. The first-order valence-corrected chi connectivity index (χ1v) is 10.3. The molecule has 1 saturated heterocycles. The molecule has 1 fully saturated rings. The minimum Gasteiger partial charge on any atom is -0.478 e. The number of benzene rings is 2. The van der Waals surface area contributed by atoms with E-state index < -0.39 is 33.5 Å². The Labute approximate surface area is 166 Å². The fourth-order valence-corrected chi connectivity index (χ4v) is 4.79. The molecular formula is C20H17FN2O5S. The van der Waals surface area contributed by atoms with Crippen molar-refractivity contribution in [3.8, 4) is 5.88 Å². The largest absolute Gasteiger partial charge is 0.478 e. The van der Waals surface area contributed by atoms with Gasteiger partial charge in [0.25, 0.3) is 0 Å². The molecule has 2 aromatic carbocycles. The number of sulfonamides is 1. The molecule has 7 nitrogen and oxygen atoms in total. The molecule has 2 heterocycles. The quantitative estimate of drug-likeness (QED) is 0.687. The number of nitrogens with zero attached hydrogens (tertiary/aromatic N) is 2. The standard InChI is InChI=1S/C20H17FN2O5S/c21-17-7-6-15(11-16(17)20(24)25)29(26,27)23-10-9-14(12-23)28-19-8-5-13-3-1-2-4-18(13)22-19/h1-8,11,14H,9-10,12H2,(H,24,25). The van der Waals surface area contributed by atoms with Crippen molar-refractivity contribution in [1.82, 2.24) is 9.29 Å². The van der Waals surface area contributed by atoms with Gasteiger partial charge in [-0.25, -0.2) is 22.6 Å². The van der Waals surface area contributed by atoms with Crippen LogP contribution in [-0.2, 0) is 10.0 Å². The summed E-state index contributed by atoms with van der Waals surface area (Å²) in [5.74, 6) is -2.10. The Balaban J connectivity index is 1.51. The van der Waals surface area contributed by atoms with Gasteiger partial charge in [0.05, 0.1) is 22.5 Å². The highest BCUT2D eigenvalue weighted by Gasteiger charge is 2.34. The van der Waals surface area contributed by atoms with Gasteiger partial charge in [-0.05, 0) is 36.8 Å². The van der Waals surface area contributed by atoms with Crippen LogP contribution in [0.5, 0.6) is 5.88 Å². The number of ether oxygens (including phenoxy) is 1. The van der Waals surface area contributed by atoms with Crippen LogP contribution >= 0.6 is 0 Å². The minimum absolute atomic E-state index is 0.0939. The number of hydrogen-bond donors (Lipinski definition) is 1. The highest BCUT2D eigenvalue weighted by atomic mass is 32.2. The first-order valence-electron chi connectivity index (χ1n) is 8.90. The molecule has 0 radical (unpaired) electrons. The number of aromatic carboxylic acids is 1. The van der Waals surface area contributed by atoms with Gasteiger partial charge in [0.2, 0.25) is 15.9 Å². The summed E-state index contributed by atoms with van der Waals surface area (Å²) in [6.07, 6.45) is 0.0681. The lowest BCUT2D eigenvalue weighted by atomic mass is 10.2. The molecule has 150 valence electrons. The highest BCUT2D eigenvalue weighted by Crippen LogP contribution is 2.26. The van der Waals surface area contributed by atoms with E-state index in [1.54, 1.807) is 6.07 Å². The van der Waals surface area contributed by atoms with Gasteiger partial charge < -0.3 is 9.84 Å². The van der Waals surface area contributed by atoms with Crippen molar-refractivity contribution in [3.63, 3.8) is 0 Å². The highest BCUT2D eigenvalue weighted by molar-refractivity contribution is 7.89. The minimum atomic E-state index is -3.97. The summed E-state index contributed by atoms with van der Waals surface area (Å²) in [5.41, 5.74) is 0.0958. The molecule has 3 aromatic rings. The van der Waals surface area contributed by atoms with Crippen molar-refractivity contribution < 1.29 is 27.4 Å². The van der Waals surface area contributed by atoms with Crippen LogP contribution in [0.25, 0.3) is 10.9 Å². The lowest BCUT2D eigenvalue weighted by Crippen LogP contribution is -2.31. The Morgan fingerprint density at radius 1 is 1.17 bits per heavy atom. The van der Waals surface area contributed by atoms with Crippen LogP contribution < -0.4 is 4.74 Å². The Bertz CT molecular complexity index is 1200. The number of halogens is 1. The number of carbonyl (C=O) groups is 1. The molecular weight excluding hydrogens is 399 g/mol. The van der Waals surface area contributed by atoms with Crippen molar-refractivity contribution in [2.45, 2.75) is 17.4 Å². The van der Waals surface area contributed by atoms with Crippen molar-refractivity contribution in [1.29, 1.82) is 0 Å². The van der Waals surface area contributed by atoms with Crippen LogP contribution in [0, 0.1) is 5.82 Å². The number of carboxylic acid groups (broad SMARTS) is 1. The molecule has 1 unspecified atom stereocenters. The number of carboxylic acids is 1. The molecule has 1 N–H and O–H groups in total. The van der Waals surface area contributed by atoms with Gasteiger partial charge in [0.1, 0.15) is 11.9 Å². The average Bonchev–Trinajstić information content (AvgIpc) is 3.17. The van der Waals surface area contributed by atoms with Crippen LogP contribution in [-0.4, -0.2) is 48.0 Å². The monoisotopic (exact) mass is 416 g/mol. The third-order valence-electron chi connectivity index (χ3n) is 4.77. The second-order valence-electron chi connectivity index (χ2n) is 6.68. The predicted molar refractivity (Wildman–Crippen MR) is 103 cm³/mol. The third-order valence-corrected chi connectivity index (χ3v) is 6.64. The molecule has 1 aromatic heterocycles. The fraction of sp³-hybridized carbons (Fsp3) is 0.200. The molecule has 1 aliphatic heterocycles. The number of para-hydroxylation sites is 1. The van der Waals surface area contributed by atoms with Gasteiger partial charge in [-0.2, -0.15) is 4.31 Å². The first-order chi connectivity index (χ1) is 13.8. The third kappa shape index (κ3) is 3.79. The topological polar surface area (TPSA) is 96.8 Å². The molecule has 9 heteroatoms. The van der Waals surface area contributed by atoms with Crippen molar-refractivity contribution in [2.24, 2.45) is 0 Å². The zero-order valence-corrected chi connectivity index (χ0v) is 16.0. The van der Waals surface area contributed by atoms with Crippen LogP contribution in [0.1, 0.15) is 16.8 Å². The van der Waals surface area contributed by atoms with Gasteiger partial charge in [0.15, 0.2) is 0 Å². The summed E-state index contributed by atoms with van der Waals surface area (Å²) in [5, 5.41) is 10.0. The van der Waals surface area contributed by atoms with Crippen LogP contribution in [0.4, 0.5) is 4.39 Å². The Kier molecular flexibility index (Phi) is 4.93. The molecule has 0 saturated carbocycles. The van der Waals surface area contributed by atoms with Crippen LogP contribution in [0.2, 0.25) is 0 Å². The summed E-state index contributed by atoms with van der Waals surface area (Å²) < 4.78 is 46.3. The van der Waals surface area contributed by atoms with Crippen molar-refractivity contribution in [2.75, 3.05) is 13.1 Å². The number of fused-ring (bicyclic) bond motifs is 1. The number of pyridine rings is 1. The molecule has 1 aliphatic rings. The van der Waals surface area contributed by atoms with Crippen LogP contribution in [0.15, 0.2) is 59.5 Å². The summed E-state index contributed by atoms with van der Waals surface area (Å²) in [6, 6.07) is 14.0. The summed E-state index contributed by atoms with van der Waals surface area (Å²) >= 11 is 0. The van der Waals surface area contributed by atoms with E-state index in [0.29, 0.717) is 12.3 Å². The molecule has 4 rings (SSSR count). The summed E-state index contributed by atoms with van der Waals surface area (Å²) in [6.45, 7) is 0.303. The summed E-state index contributed by atoms with van der Waals surface area (Å²) in [7, 11) is -3.97. The molecule has 0 amide bonds. The van der Waals surface area contributed by atoms with E-state index in [1.807, 2.05) is 30.3 Å². The SMILES string of the molecule is O=C(O)c1cc(S(=O)(=O)N2CCC(Oc3ccc4ccccc4n3)C2)ccc1F. The lowest BCUT2D eigenvalue weighted by Gasteiger charge is -2.17. The second kappa shape index (κ2) is 7.41. The van der Waals surface area contributed by atoms with Gasteiger partial charge in [-0.3, -0.25) is 0 Å². The van der Waals surface area contributed by atoms with Gasteiger partial charge in [-0.1, -0.05) is 18.2 Å². The number of aromatic nitrogens is 1. The fourth-order valence-electron chi connectivity index (χ4n) is 3.27. The van der Waals surface area contributed by atoms with Crippen molar-refractivity contribution in [3.05, 3.63) is 66.0 Å². The van der Waals surface area contributed by atoms with E-state index in [-0.39, 0.29) is 18.0 Å². The smallest absolute Gasteiger partial charge is 0.338 e. The number of hydrogen-bond acceptors (Lipinski definition) is 5. The molecule has 29 heavy (non-hydrogen) atoms. The van der Waals surface area contributed by atoms with E-state index >= 15 is 0 Å². The Morgan fingerprint density at radius 2 is 1.97 bits per heavy atom. The normalized spacial score (nSPS) is 17.5. The van der Waals surface area contributed by atoms with Gasteiger partial charge in [0, 0.05) is 18.0 Å². The Morgan fingerprint density at radius 3 is 2.76 bits per heavy atom. The maximum absolute atomic E-state index is 13.6. The maximum atomic E-state index is 13.6. The molecule has 0 spiro atoms. The van der Waals surface area contributed by atoms with E-state index in [2.05, 4.69) is 4.98 Å². The van der Waals surface area contributed by atoms with E-state index in [0.717, 1.165) is 29.1 Å². The van der Waals surface area contributed by atoms with E-state index in [1.165, 1.54) is 4.31 Å². The lowest BCUT2D eigenvalue weighted by molar-refractivity contribution is 0.0691. The molecule has 0 bridgehead atoms. The molecule has 0 aliphatic carbocycles. The predicted octanol–water partition coefficient (Wildman–Crippen LogP) is 2.91.